The zero-order valence-corrected chi connectivity index (χ0v) is 10.5. The molecule has 1 heterocycles. The van der Waals surface area contributed by atoms with Gasteiger partial charge in [0.15, 0.2) is 0 Å². The number of ether oxygens (including phenoxy) is 1. The predicted molar refractivity (Wildman–Crippen MR) is 61.9 cm³/mol. The summed E-state index contributed by atoms with van der Waals surface area (Å²) in [7, 11) is 1.60. The molecule has 0 radical (unpaired) electrons. The third-order valence-electron chi connectivity index (χ3n) is 2.30. The minimum Gasteiger partial charge on any atom is -0.416 e. The average molecular weight is 257 g/mol. The van der Waals surface area contributed by atoms with Gasteiger partial charge in [0.1, 0.15) is 0 Å². The Morgan fingerprint density at radius 3 is 3.12 bits per heavy atom. The van der Waals surface area contributed by atoms with Crippen molar-refractivity contribution in [3.63, 3.8) is 0 Å². The van der Waals surface area contributed by atoms with Crippen LogP contribution in [-0.2, 0) is 9.53 Å². The topological polar surface area (TPSA) is 77.2 Å². The largest absolute Gasteiger partial charge is 0.416 e. The summed E-state index contributed by atoms with van der Waals surface area (Å²) in [5, 5.41) is 11.0. The first kappa shape index (κ1) is 12.4. The van der Waals surface area contributed by atoms with E-state index < -0.39 is 0 Å². The summed E-state index contributed by atoms with van der Waals surface area (Å²) < 4.78 is 10.2. The Morgan fingerprint density at radius 2 is 2.41 bits per heavy atom. The lowest BCUT2D eigenvalue weighted by atomic mass is 10.4. The van der Waals surface area contributed by atoms with E-state index in [1.807, 2.05) is 0 Å². The first-order valence-corrected chi connectivity index (χ1v) is 6.50. The van der Waals surface area contributed by atoms with E-state index in [1.54, 1.807) is 7.11 Å². The maximum absolute atomic E-state index is 11.4. The maximum Gasteiger partial charge on any atom is 0.277 e. The number of thioether (sulfide) groups is 1. The van der Waals surface area contributed by atoms with Crippen LogP contribution in [0.4, 0.5) is 0 Å². The minimum atomic E-state index is -0.0572. The molecule has 1 aromatic rings. The van der Waals surface area contributed by atoms with Gasteiger partial charge in [0, 0.05) is 19.6 Å². The van der Waals surface area contributed by atoms with Crippen LogP contribution in [0.5, 0.6) is 0 Å². The molecule has 0 bridgehead atoms. The van der Waals surface area contributed by atoms with Gasteiger partial charge in [-0.1, -0.05) is 11.8 Å². The van der Waals surface area contributed by atoms with Gasteiger partial charge in [-0.2, -0.15) is 0 Å². The second-order valence-electron chi connectivity index (χ2n) is 3.81. The highest BCUT2D eigenvalue weighted by Gasteiger charge is 2.29. The van der Waals surface area contributed by atoms with Crippen LogP contribution in [-0.4, -0.2) is 42.1 Å². The van der Waals surface area contributed by atoms with Gasteiger partial charge in [0.25, 0.3) is 5.22 Å². The molecule has 0 aromatic carbocycles. The Bertz CT molecular complexity index is 379. The molecule has 17 heavy (non-hydrogen) atoms. The second-order valence-corrected chi connectivity index (χ2v) is 4.74. The van der Waals surface area contributed by atoms with Crippen LogP contribution >= 0.6 is 11.8 Å². The lowest BCUT2D eigenvalue weighted by Gasteiger charge is -2.01. The highest BCUT2D eigenvalue weighted by atomic mass is 32.2. The summed E-state index contributed by atoms with van der Waals surface area (Å²) >= 11 is 1.26. The fourth-order valence-corrected chi connectivity index (χ4v) is 1.84. The van der Waals surface area contributed by atoms with Crippen molar-refractivity contribution in [2.75, 3.05) is 26.0 Å². The lowest BCUT2D eigenvalue weighted by molar-refractivity contribution is -0.118. The van der Waals surface area contributed by atoms with E-state index in [0.29, 0.717) is 30.2 Å². The zero-order valence-electron chi connectivity index (χ0n) is 9.64. The molecule has 0 spiro atoms. The molecule has 1 aromatic heterocycles. The Balaban J connectivity index is 1.67. The average Bonchev–Trinajstić information content (AvgIpc) is 3.07. The first-order valence-electron chi connectivity index (χ1n) is 5.51. The first-order chi connectivity index (χ1) is 8.29. The van der Waals surface area contributed by atoms with E-state index in [2.05, 4.69) is 15.5 Å². The standard InChI is InChI=1S/C10H15N3O3S/c1-15-5-4-11-8(14)6-17-10-13-12-9(16-10)7-2-3-7/h7H,2-6H2,1H3,(H,11,14). The van der Waals surface area contributed by atoms with Crippen molar-refractivity contribution in [1.82, 2.24) is 15.5 Å². The number of hydrogen-bond acceptors (Lipinski definition) is 6. The van der Waals surface area contributed by atoms with Crippen LogP contribution in [0.15, 0.2) is 9.64 Å². The van der Waals surface area contributed by atoms with E-state index in [1.165, 1.54) is 11.8 Å². The van der Waals surface area contributed by atoms with Crippen LogP contribution in [0.2, 0.25) is 0 Å². The van der Waals surface area contributed by atoms with E-state index in [-0.39, 0.29) is 11.7 Å². The normalized spacial score (nSPS) is 14.9. The quantitative estimate of drug-likeness (QED) is 0.575. The van der Waals surface area contributed by atoms with Crippen molar-refractivity contribution in [1.29, 1.82) is 0 Å². The predicted octanol–water partition coefficient (Wildman–Crippen LogP) is 0.802. The summed E-state index contributed by atoms with van der Waals surface area (Å²) in [5.74, 6) is 1.38. The van der Waals surface area contributed by atoms with Gasteiger partial charge in [-0.3, -0.25) is 4.79 Å². The number of amides is 1. The van der Waals surface area contributed by atoms with Crippen LogP contribution < -0.4 is 5.32 Å². The summed E-state index contributed by atoms with van der Waals surface area (Å²) in [6, 6.07) is 0. The van der Waals surface area contributed by atoms with E-state index in [0.717, 1.165) is 12.8 Å². The van der Waals surface area contributed by atoms with Gasteiger partial charge in [-0.15, -0.1) is 10.2 Å². The van der Waals surface area contributed by atoms with Crippen molar-refractivity contribution in [2.24, 2.45) is 0 Å². The van der Waals surface area contributed by atoms with Crippen molar-refractivity contribution >= 4 is 17.7 Å². The van der Waals surface area contributed by atoms with Gasteiger partial charge >= 0.3 is 0 Å². The Labute approximate surface area is 103 Å². The number of carbonyl (C=O) groups excluding carboxylic acids is 1. The van der Waals surface area contributed by atoms with Gasteiger partial charge in [0.05, 0.1) is 12.4 Å². The molecule has 0 unspecified atom stereocenters. The molecule has 1 aliphatic rings. The van der Waals surface area contributed by atoms with Gasteiger partial charge in [0.2, 0.25) is 11.8 Å². The number of nitrogens with zero attached hydrogens (tertiary/aromatic N) is 2. The van der Waals surface area contributed by atoms with Gasteiger partial charge < -0.3 is 14.5 Å². The molecule has 6 nitrogen and oxygen atoms in total. The second kappa shape index (κ2) is 6.02. The molecule has 0 saturated heterocycles. The molecule has 0 aliphatic heterocycles. The van der Waals surface area contributed by atoms with Crippen LogP contribution in [0, 0.1) is 0 Å². The minimum absolute atomic E-state index is 0.0572. The third-order valence-corrected chi connectivity index (χ3v) is 3.12. The Hall–Kier alpha value is -1.08. The molecular formula is C10H15N3O3S. The summed E-state index contributed by atoms with van der Waals surface area (Å²) in [6.07, 6.45) is 2.26. The lowest BCUT2D eigenvalue weighted by Crippen LogP contribution is -2.28. The maximum atomic E-state index is 11.4. The summed E-state index contributed by atoms with van der Waals surface area (Å²) in [5.41, 5.74) is 0. The van der Waals surface area contributed by atoms with Crippen molar-refractivity contribution in [2.45, 2.75) is 24.0 Å². The van der Waals surface area contributed by atoms with E-state index in [4.69, 9.17) is 9.15 Å². The number of nitrogens with one attached hydrogen (secondary N) is 1. The number of carbonyl (C=O) groups is 1. The fraction of sp³-hybridized carbons (Fsp3) is 0.700. The van der Waals surface area contributed by atoms with Crippen LogP contribution in [0.25, 0.3) is 0 Å². The smallest absolute Gasteiger partial charge is 0.277 e. The van der Waals surface area contributed by atoms with Crippen molar-refractivity contribution in [3.05, 3.63) is 5.89 Å². The molecule has 1 saturated carbocycles. The summed E-state index contributed by atoms with van der Waals surface area (Å²) in [6.45, 7) is 1.04. The molecule has 1 N–H and O–H groups in total. The monoisotopic (exact) mass is 257 g/mol. The zero-order chi connectivity index (χ0) is 12.1. The molecule has 7 heteroatoms. The highest BCUT2D eigenvalue weighted by molar-refractivity contribution is 7.99. The van der Waals surface area contributed by atoms with Gasteiger partial charge in [-0.25, -0.2) is 0 Å². The molecule has 1 fully saturated rings. The van der Waals surface area contributed by atoms with Crippen molar-refractivity contribution in [3.8, 4) is 0 Å². The van der Waals surface area contributed by atoms with E-state index in [9.17, 15) is 4.79 Å². The van der Waals surface area contributed by atoms with Crippen molar-refractivity contribution < 1.29 is 13.9 Å². The molecule has 2 rings (SSSR count). The number of rotatable bonds is 7. The van der Waals surface area contributed by atoms with Crippen LogP contribution in [0.3, 0.4) is 0 Å². The van der Waals surface area contributed by atoms with Crippen LogP contribution in [0.1, 0.15) is 24.7 Å². The highest BCUT2D eigenvalue weighted by Crippen LogP contribution is 2.39. The molecular weight excluding hydrogens is 242 g/mol. The third kappa shape index (κ3) is 4.01. The number of hydrogen-bond donors (Lipinski definition) is 1. The number of aromatic nitrogens is 2. The fourth-order valence-electron chi connectivity index (χ4n) is 1.24. The molecule has 0 atom stereocenters. The Morgan fingerprint density at radius 1 is 1.59 bits per heavy atom. The molecule has 1 aliphatic carbocycles. The molecule has 94 valence electrons. The van der Waals surface area contributed by atoms with E-state index >= 15 is 0 Å². The molecule has 1 amide bonds. The Kier molecular flexibility index (Phi) is 4.38. The summed E-state index contributed by atoms with van der Waals surface area (Å²) in [4.78, 5) is 11.4. The van der Waals surface area contributed by atoms with Gasteiger partial charge in [-0.05, 0) is 12.8 Å². The number of methoxy groups -OCH3 is 1. The SMILES string of the molecule is COCCNC(=O)CSc1nnc(C2CC2)o1.